The number of hydrogen-bond acceptors (Lipinski definition) is 4. The largest absolute Gasteiger partial charge is 0.354 e. The van der Waals surface area contributed by atoms with Crippen molar-refractivity contribution in [3.8, 4) is 56.2 Å². The van der Waals surface area contributed by atoms with Crippen molar-refractivity contribution in [1.82, 2.24) is 15.3 Å². The lowest BCUT2D eigenvalue weighted by Crippen LogP contribution is -2.20. The summed E-state index contributed by atoms with van der Waals surface area (Å²) in [5, 5.41) is 13.4. The third-order valence-corrected chi connectivity index (χ3v) is 11.2. The molecule has 8 aromatic carbocycles. The SMILES string of the molecule is N=C(/C(=C1\NC(c2ccccc2)=Cc2ccc(-c3ccc(-c4ccc(-c5nc(-c6ccccc6)cc(-c6ccccc6)n5)cc4)cc3)cc21)c1ccccc1)c1ccccc1. The first kappa shape index (κ1) is 37.1. The van der Waals surface area contributed by atoms with Crippen LogP contribution in [0.1, 0.15) is 27.8 Å². The monoisotopic (exact) mass is 780 g/mol. The number of rotatable bonds is 9. The van der Waals surface area contributed by atoms with Crippen molar-refractivity contribution in [3.05, 3.63) is 252 Å². The van der Waals surface area contributed by atoms with Gasteiger partial charge in [-0.15, -0.1) is 0 Å². The van der Waals surface area contributed by atoms with Crippen LogP contribution in [-0.4, -0.2) is 15.7 Å². The molecule has 0 radical (unpaired) electrons. The Morgan fingerprint density at radius 1 is 0.377 bits per heavy atom. The van der Waals surface area contributed by atoms with E-state index in [0.29, 0.717) is 11.5 Å². The average Bonchev–Trinajstić information content (AvgIpc) is 3.35. The van der Waals surface area contributed by atoms with E-state index in [1.165, 1.54) is 0 Å². The molecule has 2 N–H and O–H groups in total. The maximum absolute atomic E-state index is 9.62. The van der Waals surface area contributed by atoms with Crippen LogP contribution in [0.15, 0.2) is 224 Å². The van der Waals surface area contributed by atoms with E-state index in [0.717, 1.165) is 95.1 Å². The molecular formula is C57H40N4. The molecule has 4 nitrogen and oxygen atoms in total. The lowest BCUT2D eigenvalue weighted by Gasteiger charge is -2.27. The molecule has 0 saturated heterocycles. The van der Waals surface area contributed by atoms with Crippen LogP contribution in [0.2, 0.25) is 0 Å². The molecule has 0 atom stereocenters. The molecule has 10 rings (SSSR count). The maximum Gasteiger partial charge on any atom is 0.160 e. The smallest absolute Gasteiger partial charge is 0.160 e. The highest BCUT2D eigenvalue weighted by atomic mass is 14.9. The third kappa shape index (κ3) is 7.74. The fourth-order valence-corrected chi connectivity index (χ4v) is 7.97. The van der Waals surface area contributed by atoms with E-state index in [1.54, 1.807) is 0 Å². The third-order valence-electron chi connectivity index (χ3n) is 11.2. The van der Waals surface area contributed by atoms with E-state index in [2.05, 4.69) is 145 Å². The maximum atomic E-state index is 9.62. The van der Waals surface area contributed by atoms with Crippen LogP contribution in [0.4, 0.5) is 0 Å². The zero-order valence-electron chi connectivity index (χ0n) is 33.3. The molecule has 2 heterocycles. The number of allylic oxidation sites excluding steroid dienone is 1. The van der Waals surface area contributed by atoms with Crippen LogP contribution in [0.3, 0.4) is 0 Å². The first-order valence-corrected chi connectivity index (χ1v) is 20.5. The molecule has 61 heavy (non-hydrogen) atoms. The van der Waals surface area contributed by atoms with E-state index in [1.807, 2.05) is 91.0 Å². The zero-order chi connectivity index (χ0) is 41.0. The molecule has 1 aliphatic rings. The summed E-state index contributed by atoms with van der Waals surface area (Å²) in [4.78, 5) is 10.0. The summed E-state index contributed by atoms with van der Waals surface area (Å²) >= 11 is 0. The Morgan fingerprint density at radius 2 is 0.803 bits per heavy atom. The molecule has 0 fully saturated rings. The van der Waals surface area contributed by atoms with Crippen molar-refractivity contribution < 1.29 is 0 Å². The minimum absolute atomic E-state index is 0.461. The van der Waals surface area contributed by atoms with Crippen LogP contribution < -0.4 is 5.32 Å². The average molecular weight is 781 g/mol. The van der Waals surface area contributed by atoms with E-state index < -0.39 is 0 Å². The van der Waals surface area contributed by atoms with Gasteiger partial charge in [0.25, 0.3) is 0 Å². The van der Waals surface area contributed by atoms with Gasteiger partial charge in [-0.25, -0.2) is 9.97 Å². The molecule has 1 aliphatic heterocycles. The molecule has 288 valence electrons. The molecule has 1 aromatic heterocycles. The van der Waals surface area contributed by atoms with Gasteiger partial charge < -0.3 is 5.32 Å². The van der Waals surface area contributed by atoms with Gasteiger partial charge in [-0.05, 0) is 57.2 Å². The summed E-state index contributed by atoms with van der Waals surface area (Å²) in [6, 6.07) is 77.2. The highest BCUT2D eigenvalue weighted by Crippen LogP contribution is 2.39. The minimum atomic E-state index is 0.461. The summed E-state index contributed by atoms with van der Waals surface area (Å²) < 4.78 is 0. The van der Waals surface area contributed by atoms with Gasteiger partial charge in [0.1, 0.15) is 0 Å². The second kappa shape index (κ2) is 16.6. The van der Waals surface area contributed by atoms with Gasteiger partial charge in [0.2, 0.25) is 0 Å². The number of aromatic nitrogens is 2. The van der Waals surface area contributed by atoms with Crippen molar-refractivity contribution in [2.75, 3.05) is 0 Å². The van der Waals surface area contributed by atoms with Crippen molar-refractivity contribution in [3.63, 3.8) is 0 Å². The predicted octanol–water partition coefficient (Wildman–Crippen LogP) is 13.8. The van der Waals surface area contributed by atoms with Crippen molar-refractivity contribution in [2.24, 2.45) is 0 Å². The number of fused-ring (bicyclic) bond motifs is 1. The van der Waals surface area contributed by atoms with Gasteiger partial charge in [-0.1, -0.05) is 212 Å². The molecule has 0 bridgehead atoms. The second-order valence-electron chi connectivity index (χ2n) is 15.1. The fourth-order valence-electron chi connectivity index (χ4n) is 7.97. The Morgan fingerprint density at radius 3 is 1.33 bits per heavy atom. The highest BCUT2D eigenvalue weighted by Gasteiger charge is 2.24. The van der Waals surface area contributed by atoms with Gasteiger partial charge in [-0.2, -0.15) is 0 Å². The standard InChI is InChI=1S/C57H40N4/c58-55(46-24-14-5-15-25-46)54(45-22-12-4-13-23-45)56-50-36-48(34-35-49(50)37-51(59-56)42-16-6-1-7-17-42)41-28-26-39(27-29-41)40-30-32-47(33-31-40)57-60-52(43-18-8-2-9-19-43)38-53(61-57)44-20-10-3-11-21-44/h1-38,58-59H/b56-54-,58-55?. The van der Waals surface area contributed by atoms with Gasteiger partial charge in [0.15, 0.2) is 5.82 Å². The van der Waals surface area contributed by atoms with Crippen LogP contribution in [0.5, 0.6) is 0 Å². The van der Waals surface area contributed by atoms with Gasteiger partial charge >= 0.3 is 0 Å². The molecule has 0 unspecified atom stereocenters. The fraction of sp³-hybridized carbons (Fsp3) is 0. The predicted molar refractivity (Wildman–Crippen MR) is 253 cm³/mol. The van der Waals surface area contributed by atoms with Gasteiger partial charge in [0.05, 0.1) is 22.8 Å². The molecule has 0 spiro atoms. The number of nitrogens with one attached hydrogen (secondary N) is 2. The van der Waals surface area contributed by atoms with Crippen LogP contribution in [0.25, 0.3) is 79.2 Å². The summed E-state index contributed by atoms with van der Waals surface area (Å²) in [6.07, 6.45) is 2.21. The van der Waals surface area contributed by atoms with Crippen LogP contribution >= 0.6 is 0 Å². The Bertz CT molecular complexity index is 2990. The van der Waals surface area contributed by atoms with Crippen molar-refractivity contribution >= 4 is 28.8 Å². The lowest BCUT2D eigenvalue weighted by atomic mass is 9.86. The Kier molecular flexibility index (Phi) is 10.1. The summed E-state index contributed by atoms with van der Waals surface area (Å²) in [5.41, 5.74) is 17.6. The molecule has 0 saturated carbocycles. The minimum Gasteiger partial charge on any atom is -0.354 e. The Balaban J connectivity index is 1.00. The summed E-state index contributed by atoms with van der Waals surface area (Å²) in [5.74, 6) is 0.692. The van der Waals surface area contributed by atoms with E-state index in [4.69, 9.17) is 9.97 Å². The van der Waals surface area contributed by atoms with Gasteiger partial charge in [0, 0.05) is 39.1 Å². The first-order chi connectivity index (χ1) is 30.1. The molecule has 0 aliphatic carbocycles. The van der Waals surface area contributed by atoms with Crippen molar-refractivity contribution in [2.45, 2.75) is 0 Å². The summed E-state index contributed by atoms with van der Waals surface area (Å²) in [6.45, 7) is 0. The lowest BCUT2D eigenvalue weighted by molar-refractivity contribution is 1.18. The second-order valence-corrected chi connectivity index (χ2v) is 15.1. The normalized spacial score (nSPS) is 12.8. The molecular weight excluding hydrogens is 741 g/mol. The summed E-state index contributed by atoms with van der Waals surface area (Å²) in [7, 11) is 0. The number of benzene rings is 8. The molecule has 9 aromatic rings. The van der Waals surface area contributed by atoms with Gasteiger partial charge in [-0.3, -0.25) is 5.41 Å². The quantitative estimate of drug-likeness (QED) is 0.143. The molecule has 0 amide bonds. The first-order valence-electron chi connectivity index (χ1n) is 20.5. The number of hydrogen-bond donors (Lipinski definition) is 2. The number of nitrogens with zero attached hydrogens (tertiary/aromatic N) is 2. The zero-order valence-corrected chi connectivity index (χ0v) is 33.3. The van der Waals surface area contributed by atoms with Crippen molar-refractivity contribution in [1.29, 1.82) is 5.41 Å². The van der Waals surface area contributed by atoms with E-state index in [9.17, 15) is 5.41 Å². The van der Waals surface area contributed by atoms with E-state index >= 15 is 0 Å². The van der Waals surface area contributed by atoms with Crippen LogP contribution in [-0.2, 0) is 0 Å². The highest BCUT2D eigenvalue weighted by molar-refractivity contribution is 6.36. The Hall–Kier alpha value is -8.21. The van der Waals surface area contributed by atoms with Crippen LogP contribution in [0, 0.1) is 5.41 Å². The Labute approximate surface area is 356 Å². The van der Waals surface area contributed by atoms with E-state index in [-0.39, 0.29) is 0 Å². The topological polar surface area (TPSA) is 61.7 Å². The molecule has 4 heteroatoms.